The maximum Gasteiger partial charge on any atom is 0.222 e. The molecule has 3 unspecified atom stereocenters. The van der Waals surface area contributed by atoms with E-state index in [1.165, 1.54) is 25.7 Å². The van der Waals surface area contributed by atoms with Crippen LogP contribution in [0.1, 0.15) is 65.7 Å². The molecule has 1 heterocycles. The topological polar surface area (TPSA) is 50.4 Å². The number of hydrogen-bond acceptors (Lipinski definition) is 3. The quantitative estimate of drug-likeness (QED) is 0.760. The van der Waals surface area contributed by atoms with Crippen LogP contribution >= 0.6 is 0 Å². The highest BCUT2D eigenvalue weighted by Crippen LogP contribution is 2.41. The SMILES string of the molecule is CC(C)CC(C)OCCC(=O)NC1CCCCC12CCNC2. The molecule has 2 fully saturated rings. The molecule has 1 saturated heterocycles. The molecule has 0 radical (unpaired) electrons. The lowest BCUT2D eigenvalue weighted by Gasteiger charge is -2.41. The van der Waals surface area contributed by atoms with Crippen molar-refractivity contribution in [1.29, 1.82) is 0 Å². The molecule has 1 aliphatic carbocycles. The van der Waals surface area contributed by atoms with E-state index in [0.29, 0.717) is 30.4 Å². The zero-order chi connectivity index (χ0) is 16.0. The van der Waals surface area contributed by atoms with Crippen LogP contribution in [0.25, 0.3) is 0 Å². The Bertz CT molecular complexity index is 351. The minimum absolute atomic E-state index is 0.162. The Morgan fingerprint density at radius 3 is 2.82 bits per heavy atom. The van der Waals surface area contributed by atoms with Crippen molar-refractivity contribution in [3.63, 3.8) is 0 Å². The lowest BCUT2D eigenvalue weighted by molar-refractivity contribution is -0.124. The summed E-state index contributed by atoms with van der Waals surface area (Å²) in [5.41, 5.74) is 0.319. The van der Waals surface area contributed by atoms with Crippen molar-refractivity contribution < 1.29 is 9.53 Å². The third-order valence-electron chi connectivity index (χ3n) is 5.30. The molecule has 2 N–H and O–H groups in total. The summed E-state index contributed by atoms with van der Waals surface area (Å²) in [6.07, 6.45) is 7.94. The van der Waals surface area contributed by atoms with Crippen molar-refractivity contribution in [1.82, 2.24) is 10.6 Å². The van der Waals surface area contributed by atoms with Crippen LogP contribution in [0.3, 0.4) is 0 Å². The van der Waals surface area contributed by atoms with Gasteiger partial charge in [0.15, 0.2) is 0 Å². The fourth-order valence-electron chi connectivity index (χ4n) is 4.16. The molecule has 128 valence electrons. The summed E-state index contributed by atoms with van der Waals surface area (Å²) in [6, 6.07) is 0.358. The minimum atomic E-state index is 0.162. The average molecular weight is 310 g/mol. The summed E-state index contributed by atoms with van der Waals surface area (Å²) in [6.45, 7) is 9.20. The highest BCUT2D eigenvalue weighted by Gasteiger charge is 2.43. The van der Waals surface area contributed by atoms with Crippen molar-refractivity contribution in [2.45, 2.75) is 77.9 Å². The van der Waals surface area contributed by atoms with Gasteiger partial charge in [-0.25, -0.2) is 0 Å². The van der Waals surface area contributed by atoms with E-state index in [1.807, 2.05) is 0 Å². The number of hydrogen-bond donors (Lipinski definition) is 2. The number of rotatable bonds is 7. The zero-order valence-electron chi connectivity index (χ0n) is 14.6. The molecule has 2 aliphatic rings. The molecule has 3 atom stereocenters. The lowest BCUT2D eigenvalue weighted by Crippen LogP contribution is -2.51. The molecule has 22 heavy (non-hydrogen) atoms. The van der Waals surface area contributed by atoms with Crippen molar-refractivity contribution in [3.05, 3.63) is 0 Å². The van der Waals surface area contributed by atoms with Crippen LogP contribution in [-0.4, -0.2) is 37.7 Å². The van der Waals surface area contributed by atoms with E-state index in [4.69, 9.17) is 4.74 Å². The van der Waals surface area contributed by atoms with Crippen molar-refractivity contribution in [2.24, 2.45) is 11.3 Å². The predicted octanol–water partition coefficient (Wildman–Crippen LogP) is 2.87. The molecule has 1 saturated carbocycles. The molecule has 4 heteroatoms. The van der Waals surface area contributed by atoms with Crippen LogP contribution < -0.4 is 10.6 Å². The molecule has 0 bridgehead atoms. The van der Waals surface area contributed by atoms with Gasteiger partial charge in [0.1, 0.15) is 0 Å². The summed E-state index contributed by atoms with van der Waals surface area (Å²) in [7, 11) is 0. The number of nitrogens with one attached hydrogen (secondary N) is 2. The van der Waals surface area contributed by atoms with Gasteiger partial charge >= 0.3 is 0 Å². The van der Waals surface area contributed by atoms with Crippen molar-refractivity contribution in [3.8, 4) is 0 Å². The van der Waals surface area contributed by atoms with Gasteiger partial charge in [-0.15, -0.1) is 0 Å². The molecule has 1 aliphatic heterocycles. The Kier molecular flexibility index (Phi) is 6.69. The molecule has 0 aromatic rings. The van der Waals surface area contributed by atoms with E-state index in [9.17, 15) is 4.79 Å². The van der Waals surface area contributed by atoms with Crippen LogP contribution in [0, 0.1) is 11.3 Å². The Morgan fingerprint density at radius 2 is 2.14 bits per heavy atom. The monoisotopic (exact) mass is 310 g/mol. The average Bonchev–Trinajstić information content (AvgIpc) is 2.90. The van der Waals surface area contributed by atoms with Gasteiger partial charge in [-0.05, 0) is 45.1 Å². The first kappa shape index (κ1) is 17.7. The first-order chi connectivity index (χ1) is 10.5. The third kappa shape index (κ3) is 4.95. The number of amides is 1. The second kappa shape index (κ2) is 8.30. The highest BCUT2D eigenvalue weighted by molar-refractivity contribution is 5.76. The van der Waals surface area contributed by atoms with Gasteiger partial charge in [0.05, 0.1) is 12.7 Å². The van der Waals surface area contributed by atoms with Crippen LogP contribution in [0.4, 0.5) is 0 Å². The fourth-order valence-corrected chi connectivity index (χ4v) is 4.16. The summed E-state index contributed by atoms with van der Waals surface area (Å²) in [4.78, 5) is 12.2. The van der Waals surface area contributed by atoms with Crippen molar-refractivity contribution >= 4 is 5.91 Å². The molecule has 0 aromatic heterocycles. The van der Waals surface area contributed by atoms with Crippen LogP contribution in [0.15, 0.2) is 0 Å². The first-order valence-corrected chi connectivity index (χ1v) is 9.13. The second-order valence-corrected chi connectivity index (χ2v) is 7.72. The van der Waals surface area contributed by atoms with Crippen LogP contribution in [-0.2, 0) is 9.53 Å². The minimum Gasteiger partial charge on any atom is -0.378 e. The van der Waals surface area contributed by atoms with Gasteiger partial charge < -0.3 is 15.4 Å². The summed E-state index contributed by atoms with van der Waals surface area (Å²) in [5, 5.41) is 6.79. The molecular weight excluding hydrogens is 276 g/mol. The van der Waals surface area contributed by atoms with Gasteiger partial charge in [0, 0.05) is 24.4 Å². The van der Waals surface area contributed by atoms with Crippen LogP contribution in [0.2, 0.25) is 0 Å². The standard InChI is InChI=1S/C18H34N2O2/c1-14(2)12-15(3)22-11-7-17(21)20-16-6-4-5-8-18(16)9-10-19-13-18/h14-16,19H,4-13H2,1-3H3,(H,20,21). The summed E-state index contributed by atoms with van der Waals surface area (Å²) in [5.74, 6) is 0.802. The van der Waals surface area contributed by atoms with Gasteiger partial charge in [-0.2, -0.15) is 0 Å². The largest absolute Gasteiger partial charge is 0.378 e. The summed E-state index contributed by atoms with van der Waals surface area (Å²) < 4.78 is 5.76. The molecular formula is C18H34N2O2. The number of carbonyl (C=O) groups excluding carboxylic acids is 1. The van der Waals surface area contributed by atoms with E-state index in [-0.39, 0.29) is 12.0 Å². The zero-order valence-corrected chi connectivity index (χ0v) is 14.6. The molecule has 4 nitrogen and oxygen atoms in total. The van der Waals surface area contributed by atoms with E-state index < -0.39 is 0 Å². The highest BCUT2D eigenvalue weighted by atomic mass is 16.5. The van der Waals surface area contributed by atoms with E-state index in [1.54, 1.807) is 0 Å². The van der Waals surface area contributed by atoms with Crippen LogP contribution in [0.5, 0.6) is 0 Å². The first-order valence-electron chi connectivity index (χ1n) is 9.13. The third-order valence-corrected chi connectivity index (χ3v) is 5.30. The van der Waals surface area contributed by atoms with Crippen molar-refractivity contribution in [2.75, 3.05) is 19.7 Å². The molecule has 1 amide bonds. The van der Waals surface area contributed by atoms with E-state index in [0.717, 1.165) is 25.9 Å². The molecule has 0 aromatic carbocycles. The molecule has 1 spiro atoms. The van der Waals surface area contributed by atoms with E-state index in [2.05, 4.69) is 31.4 Å². The number of ether oxygens (including phenoxy) is 1. The summed E-state index contributed by atoms with van der Waals surface area (Å²) >= 11 is 0. The van der Waals surface area contributed by atoms with Gasteiger partial charge in [0.25, 0.3) is 0 Å². The smallest absolute Gasteiger partial charge is 0.222 e. The van der Waals surface area contributed by atoms with Gasteiger partial charge in [0.2, 0.25) is 5.91 Å². The number of carbonyl (C=O) groups is 1. The molecule has 2 rings (SSSR count). The second-order valence-electron chi connectivity index (χ2n) is 7.72. The Hall–Kier alpha value is -0.610. The van der Waals surface area contributed by atoms with Gasteiger partial charge in [-0.1, -0.05) is 26.7 Å². The van der Waals surface area contributed by atoms with Gasteiger partial charge in [-0.3, -0.25) is 4.79 Å². The maximum absolute atomic E-state index is 12.2. The Morgan fingerprint density at radius 1 is 1.32 bits per heavy atom. The fraction of sp³-hybridized carbons (Fsp3) is 0.944. The predicted molar refractivity (Wildman–Crippen MR) is 89.8 cm³/mol. The Labute approximate surface area is 135 Å². The maximum atomic E-state index is 12.2. The normalized spacial score (nSPS) is 29.9. The Balaban J connectivity index is 1.71. The van der Waals surface area contributed by atoms with E-state index >= 15 is 0 Å². The lowest BCUT2D eigenvalue weighted by atomic mass is 9.69.